The summed E-state index contributed by atoms with van der Waals surface area (Å²) < 4.78 is 5.99. The first kappa shape index (κ1) is 18.1. The number of carbonyl (C=O) groups excluding carboxylic acids is 1. The summed E-state index contributed by atoms with van der Waals surface area (Å²) in [5, 5.41) is 0. The Hall–Kier alpha value is -2.33. The maximum atomic E-state index is 12.8. The Morgan fingerprint density at radius 1 is 0.889 bits per heavy atom. The van der Waals surface area contributed by atoms with Crippen LogP contribution in [0.4, 0.5) is 0 Å². The van der Waals surface area contributed by atoms with Crippen molar-refractivity contribution < 1.29 is 9.53 Å². The molecule has 2 aliphatic rings. The maximum Gasteiger partial charge on any atom is 0.253 e. The Bertz CT molecular complexity index is 731. The molecule has 0 aromatic heterocycles. The van der Waals surface area contributed by atoms with E-state index in [9.17, 15) is 4.79 Å². The van der Waals surface area contributed by atoms with Gasteiger partial charge in [-0.25, -0.2) is 0 Å². The van der Waals surface area contributed by atoms with Gasteiger partial charge in [0.15, 0.2) is 0 Å². The molecule has 4 heteroatoms. The van der Waals surface area contributed by atoms with Crippen LogP contribution in [0.15, 0.2) is 54.6 Å². The minimum Gasteiger partial charge on any atom is -0.490 e. The van der Waals surface area contributed by atoms with Crippen molar-refractivity contribution in [1.82, 2.24) is 9.80 Å². The Kier molecular flexibility index (Phi) is 5.73. The van der Waals surface area contributed by atoms with Crippen LogP contribution >= 0.6 is 0 Å². The van der Waals surface area contributed by atoms with E-state index in [1.165, 1.54) is 18.4 Å². The summed E-state index contributed by atoms with van der Waals surface area (Å²) in [5.41, 5.74) is 2.08. The third-order valence-corrected chi connectivity index (χ3v) is 5.61. The standard InChI is InChI=1S/C23H28N2O2/c26-23(20-10-12-22(13-11-20)27-21-8-4-5-9-21)25-16-14-24(15-17-25)18-19-6-2-1-3-7-19/h1-3,6-7,10-13,21H,4-5,8-9,14-18H2. The minimum absolute atomic E-state index is 0.127. The molecule has 0 atom stereocenters. The molecule has 1 amide bonds. The van der Waals surface area contributed by atoms with E-state index >= 15 is 0 Å². The highest BCUT2D eigenvalue weighted by molar-refractivity contribution is 5.94. The molecular formula is C23H28N2O2. The Balaban J connectivity index is 1.28. The van der Waals surface area contributed by atoms with Crippen LogP contribution in [0.3, 0.4) is 0 Å². The van der Waals surface area contributed by atoms with Crippen LogP contribution < -0.4 is 4.74 Å². The summed E-state index contributed by atoms with van der Waals surface area (Å²) in [6, 6.07) is 18.2. The summed E-state index contributed by atoms with van der Waals surface area (Å²) in [6.07, 6.45) is 5.17. The van der Waals surface area contributed by atoms with Crippen molar-refractivity contribution in [1.29, 1.82) is 0 Å². The van der Waals surface area contributed by atoms with Crippen LogP contribution in [0.5, 0.6) is 5.75 Å². The van der Waals surface area contributed by atoms with Gasteiger partial charge in [-0.2, -0.15) is 0 Å². The smallest absolute Gasteiger partial charge is 0.253 e. The molecule has 1 saturated carbocycles. The number of hydrogen-bond acceptors (Lipinski definition) is 3. The Morgan fingerprint density at radius 2 is 1.56 bits per heavy atom. The lowest BCUT2D eigenvalue weighted by Gasteiger charge is -2.34. The fourth-order valence-electron chi connectivity index (χ4n) is 4.01. The minimum atomic E-state index is 0.127. The highest BCUT2D eigenvalue weighted by Crippen LogP contribution is 2.24. The van der Waals surface area contributed by atoms with Gasteiger partial charge in [0.1, 0.15) is 5.75 Å². The lowest BCUT2D eigenvalue weighted by atomic mass is 10.1. The van der Waals surface area contributed by atoms with E-state index in [0.29, 0.717) is 6.10 Å². The number of benzene rings is 2. The lowest BCUT2D eigenvalue weighted by Crippen LogP contribution is -2.48. The van der Waals surface area contributed by atoms with Gasteiger partial charge in [0, 0.05) is 38.3 Å². The molecule has 27 heavy (non-hydrogen) atoms. The topological polar surface area (TPSA) is 32.8 Å². The predicted octanol–water partition coefficient (Wildman–Crippen LogP) is 3.97. The zero-order valence-corrected chi connectivity index (χ0v) is 15.8. The molecule has 0 spiro atoms. The Labute approximate surface area is 161 Å². The molecule has 2 aromatic rings. The number of amides is 1. The highest BCUT2D eigenvalue weighted by atomic mass is 16.5. The fourth-order valence-corrected chi connectivity index (χ4v) is 4.01. The third-order valence-electron chi connectivity index (χ3n) is 5.61. The van der Waals surface area contributed by atoms with E-state index < -0.39 is 0 Å². The van der Waals surface area contributed by atoms with Crippen LogP contribution in [-0.4, -0.2) is 48.0 Å². The average molecular weight is 364 g/mol. The van der Waals surface area contributed by atoms with Crippen LogP contribution in [0.1, 0.15) is 41.6 Å². The van der Waals surface area contributed by atoms with Crippen molar-refractivity contribution in [3.8, 4) is 5.75 Å². The van der Waals surface area contributed by atoms with Crippen molar-refractivity contribution in [2.45, 2.75) is 38.3 Å². The number of ether oxygens (including phenoxy) is 1. The normalized spacial score (nSPS) is 18.6. The highest BCUT2D eigenvalue weighted by Gasteiger charge is 2.22. The van der Waals surface area contributed by atoms with E-state index in [1.807, 2.05) is 35.2 Å². The van der Waals surface area contributed by atoms with Crippen molar-refractivity contribution in [2.75, 3.05) is 26.2 Å². The molecule has 142 valence electrons. The summed E-state index contributed by atoms with van der Waals surface area (Å²) in [7, 11) is 0. The van der Waals surface area contributed by atoms with Crippen molar-refractivity contribution in [3.05, 3.63) is 65.7 Å². The molecule has 2 fully saturated rings. The number of hydrogen-bond donors (Lipinski definition) is 0. The molecule has 1 saturated heterocycles. The second-order valence-corrected chi connectivity index (χ2v) is 7.60. The van der Waals surface area contributed by atoms with Gasteiger partial charge < -0.3 is 9.64 Å². The molecule has 0 radical (unpaired) electrons. The first-order chi connectivity index (χ1) is 13.3. The van der Waals surface area contributed by atoms with Crippen molar-refractivity contribution >= 4 is 5.91 Å². The van der Waals surface area contributed by atoms with Gasteiger partial charge in [-0.05, 0) is 55.5 Å². The van der Waals surface area contributed by atoms with E-state index in [4.69, 9.17) is 4.74 Å². The zero-order chi connectivity index (χ0) is 18.5. The van der Waals surface area contributed by atoms with Crippen LogP contribution in [0, 0.1) is 0 Å². The van der Waals surface area contributed by atoms with Crippen molar-refractivity contribution in [3.63, 3.8) is 0 Å². The number of nitrogens with zero attached hydrogens (tertiary/aromatic N) is 2. The summed E-state index contributed by atoms with van der Waals surface area (Å²) >= 11 is 0. The van der Waals surface area contributed by atoms with Gasteiger partial charge in [-0.3, -0.25) is 9.69 Å². The molecule has 4 nitrogen and oxygen atoms in total. The van der Waals surface area contributed by atoms with Crippen LogP contribution in [-0.2, 0) is 6.54 Å². The van der Waals surface area contributed by atoms with Crippen LogP contribution in [0.2, 0.25) is 0 Å². The lowest BCUT2D eigenvalue weighted by molar-refractivity contribution is 0.0628. The summed E-state index contributed by atoms with van der Waals surface area (Å²) in [6.45, 7) is 4.36. The van der Waals surface area contributed by atoms with Gasteiger partial charge in [-0.1, -0.05) is 30.3 Å². The monoisotopic (exact) mass is 364 g/mol. The van der Waals surface area contributed by atoms with Gasteiger partial charge >= 0.3 is 0 Å². The molecule has 0 bridgehead atoms. The summed E-state index contributed by atoms with van der Waals surface area (Å²) in [4.78, 5) is 17.2. The molecule has 4 rings (SSSR count). The van der Waals surface area contributed by atoms with E-state index in [1.54, 1.807) is 0 Å². The predicted molar refractivity (Wildman–Crippen MR) is 107 cm³/mol. The first-order valence-electron chi connectivity index (χ1n) is 10.1. The SMILES string of the molecule is O=C(c1ccc(OC2CCCC2)cc1)N1CCN(Cc2ccccc2)CC1. The molecule has 1 heterocycles. The maximum absolute atomic E-state index is 12.8. The second kappa shape index (κ2) is 8.57. The van der Waals surface area contributed by atoms with Crippen molar-refractivity contribution in [2.24, 2.45) is 0 Å². The molecule has 2 aromatic carbocycles. The third kappa shape index (κ3) is 4.69. The van der Waals surface area contributed by atoms with Crippen LogP contribution in [0.25, 0.3) is 0 Å². The second-order valence-electron chi connectivity index (χ2n) is 7.60. The van der Waals surface area contributed by atoms with E-state index in [-0.39, 0.29) is 5.91 Å². The molecule has 1 aliphatic carbocycles. The average Bonchev–Trinajstić information content (AvgIpc) is 3.22. The quantitative estimate of drug-likeness (QED) is 0.805. The van der Waals surface area contributed by atoms with E-state index in [0.717, 1.165) is 56.9 Å². The molecule has 0 unspecified atom stereocenters. The zero-order valence-electron chi connectivity index (χ0n) is 15.8. The first-order valence-corrected chi connectivity index (χ1v) is 10.1. The van der Waals surface area contributed by atoms with E-state index in [2.05, 4.69) is 29.2 Å². The Morgan fingerprint density at radius 3 is 2.22 bits per heavy atom. The van der Waals surface area contributed by atoms with Gasteiger partial charge in [0.05, 0.1) is 6.10 Å². The summed E-state index contributed by atoms with van der Waals surface area (Å²) in [5.74, 6) is 1.01. The molecular weight excluding hydrogens is 336 g/mol. The van der Waals surface area contributed by atoms with Gasteiger partial charge in [-0.15, -0.1) is 0 Å². The molecule has 1 aliphatic heterocycles. The largest absolute Gasteiger partial charge is 0.490 e. The van der Waals surface area contributed by atoms with Gasteiger partial charge in [0.2, 0.25) is 0 Å². The molecule has 0 N–H and O–H groups in total. The number of piperazine rings is 1. The number of rotatable bonds is 5. The van der Waals surface area contributed by atoms with Gasteiger partial charge in [0.25, 0.3) is 5.91 Å². The fraction of sp³-hybridized carbons (Fsp3) is 0.435. The number of carbonyl (C=O) groups is 1.